The normalized spacial score (nSPS) is 11.0. The van der Waals surface area contributed by atoms with Gasteiger partial charge in [-0.1, -0.05) is 41.4 Å². The van der Waals surface area contributed by atoms with Crippen LogP contribution in [-0.2, 0) is 6.61 Å². The Balaban J connectivity index is 1.69. The molecule has 0 unspecified atom stereocenters. The maximum Gasteiger partial charge on any atom is 0.226 e. The molecule has 0 saturated heterocycles. The lowest BCUT2D eigenvalue weighted by atomic mass is 10.1. The van der Waals surface area contributed by atoms with Crippen molar-refractivity contribution in [3.05, 3.63) is 94.1 Å². The van der Waals surface area contributed by atoms with Crippen molar-refractivity contribution in [2.24, 2.45) is 0 Å². The van der Waals surface area contributed by atoms with Crippen molar-refractivity contribution in [1.29, 1.82) is 5.26 Å². The molecule has 0 radical (unpaired) electrons. The van der Waals surface area contributed by atoms with Gasteiger partial charge in [0.05, 0.1) is 28.2 Å². The maximum absolute atomic E-state index is 9.19. The summed E-state index contributed by atoms with van der Waals surface area (Å²) in [7, 11) is 0. The summed E-state index contributed by atoms with van der Waals surface area (Å²) in [5, 5.41) is 16.9. The van der Waals surface area contributed by atoms with E-state index in [1.54, 1.807) is 35.1 Å². The first-order valence-electron chi connectivity index (χ1n) is 9.48. The molecular formula is C24H14Cl2N4O. The Morgan fingerprint density at radius 3 is 2.55 bits per heavy atom. The first-order chi connectivity index (χ1) is 15.1. The standard InChI is InChI=1S/C24H14Cl2N4O/c25-17-6-8-18(9-7-17)30-24(31-14-16-3-1-2-4-21(16)26)20-13-28-22-11-15(12-27)5-10-19(22)23(20)29-30/h1-11,13H,14H2. The largest absolute Gasteiger partial charge is 0.472 e. The quantitative estimate of drug-likeness (QED) is 0.324. The lowest BCUT2D eigenvalue weighted by Crippen LogP contribution is -2.03. The predicted molar refractivity (Wildman–Crippen MR) is 122 cm³/mol. The summed E-state index contributed by atoms with van der Waals surface area (Å²) in [6, 6.07) is 22.4. The van der Waals surface area contributed by atoms with E-state index in [1.165, 1.54) is 0 Å². The van der Waals surface area contributed by atoms with E-state index in [9.17, 15) is 5.26 Å². The third-order valence-corrected chi connectivity index (χ3v) is 5.61. The Morgan fingerprint density at radius 1 is 0.968 bits per heavy atom. The van der Waals surface area contributed by atoms with Crippen molar-refractivity contribution in [3.8, 4) is 17.6 Å². The molecule has 0 atom stereocenters. The number of ether oxygens (including phenoxy) is 1. The smallest absolute Gasteiger partial charge is 0.226 e. The molecule has 5 nitrogen and oxygen atoms in total. The van der Waals surface area contributed by atoms with E-state index in [0.717, 1.165) is 27.5 Å². The van der Waals surface area contributed by atoms with Crippen molar-refractivity contribution in [1.82, 2.24) is 14.8 Å². The highest BCUT2D eigenvalue weighted by Gasteiger charge is 2.18. The molecule has 5 aromatic rings. The highest BCUT2D eigenvalue weighted by molar-refractivity contribution is 6.31. The lowest BCUT2D eigenvalue weighted by molar-refractivity contribution is 0.288. The molecule has 2 aromatic heterocycles. The second kappa shape index (κ2) is 7.92. The highest BCUT2D eigenvalue weighted by atomic mass is 35.5. The Morgan fingerprint density at radius 2 is 1.77 bits per heavy atom. The van der Waals surface area contributed by atoms with Gasteiger partial charge in [-0.25, -0.2) is 0 Å². The topological polar surface area (TPSA) is 63.7 Å². The molecule has 0 N–H and O–H groups in total. The number of pyridine rings is 1. The number of hydrogen-bond acceptors (Lipinski definition) is 4. The van der Waals surface area contributed by atoms with Crippen LogP contribution in [0.1, 0.15) is 11.1 Å². The number of rotatable bonds is 4. The molecule has 0 aliphatic rings. The first-order valence-corrected chi connectivity index (χ1v) is 10.2. The summed E-state index contributed by atoms with van der Waals surface area (Å²) < 4.78 is 7.96. The molecule has 31 heavy (non-hydrogen) atoms. The first kappa shape index (κ1) is 19.4. The van der Waals surface area contributed by atoms with Crippen molar-refractivity contribution in [2.75, 3.05) is 0 Å². The monoisotopic (exact) mass is 444 g/mol. The summed E-state index contributed by atoms with van der Waals surface area (Å²) in [5.74, 6) is 0.552. The Bertz CT molecular complexity index is 1470. The van der Waals surface area contributed by atoms with Gasteiger partial charge < -0.3 is 4.74 Å². The second-order valence-corrected chi connectivity index (χ2v) is 7.78. The molecular weight excluding hydrogens is 431 g/mol. The zero-order valence-electron chi connectivity index (χ0n) is 16.1. The van der Waals surface area contributed by atoms with Gasteiger partial charge >= 0.3 is 0 Å². The fourth-order valence-corrected chi connectivity index (χ4v) is 3.75. The number of aromatic nitrogens is 3. The predicted octanol–water partition coefficient (Wildman–Crippen LogP) is 6.33. The zero-order chi connectivity index (χ0) is 21.4. The molecule has 0 aliphatic heterocycles. The minimum atomic E-state index is 0.277. The summed E-state index contributed by atoms with van der Waals surface area (Å²) in [6.07, 6.45) is 1.72. The van der Waals surface area contributed by atoms with E-state index in [-0.39, 0.29) is 6.61 Å². The lowest BCUT2D eigenvalue weighted by Gasteiger charge is -2.11. The number of nitriles is 1. The fraction of sp³-hybridized carbons (Fsp3) is 0.0417. The van der Waals surface area contributed by atoms with Crippen LogP contribution in [0.15, 0.2) is 72.9 Å². The molecule has 0 amide bonds. The minimum absolute atomic E-state index is 0.277. The van der Waals surface area contributed by atoms with E-state index >= 15 is 0 Å². The van der Waals surface area contributed by atoms with Gasteiger partial charge in [-0.05, 0) is 48.5 Å². The van der Waals surface area contributed by atoms with Crippen LogP contribution in [0.25, 0.3) is 27.5 Å². The molecule has 0 saturated carbocycles. The van der Waals surface area contributed by atoms with Crippen LogP contribution in [0.4, 0.5) is 0 Å². The van der Waals surface area contributed by atoms with Crippen molar-refractivity contribution in [3.63, 3.8) is 0 Å². The van der Waals surface area contributed by atoms with Gasteiger partial charge in [0.2, 0.25) is 5.88 Å². The average molecular weight is 445 g/mol. The molecule has 0 spiro atoms. The van der Waals surface area contributed by atoms with Crippen molar-refractivity contribution in [2.45, 2.75) is 6.61 Å². The number of nitrogens with zero attached hydrogens (tertiary/aromatic N) is 4. The summed E-state index contributed by atoms with van der Waals surface area (Å²) in [6.45, 7) is 0.277. The second-order valence-electron chi connectivity index (χ2n) is 6.94. The van der Waals surface area contributed by atoms with Gasteiger partial charge in [0.25, 0.3) is 0 Å². The summed E-state index contributed by atoms with van der Waals surface area (Å²) >= 11 is 12.4. The van der Waals surface area contributed by atoms with E-state index in [4.69, 9.17) is 33.0 Å². The summed E-state index contributed by atoms with van der Waals surface area (Å²) in [5.41, 5.74) is 3.65. The van der Waals surface area contributed by atoms with E-state index < -0.39 is 0 Å². The van der Waals surface area contributed by atoms with Crippen LogP contribution in [0.5, 0.6) is 5.88 Å². The van der Waals surface area contributed by atoms with E-state index in [0.29, 0.717) is 27.0 Å². The molecule has 0 fully saturated rings. The maximum atomic E-state index is 9.19. The number of benzene rings is 3. The van der Waals surface area contributed by atoms with E-state index in [1.807, 2.05) is 42.5 Å². The minimum Gasteiger partial charge on any atom is -0.472 e. The van der Waals surface area contributed by atoms with Crippen LogP contribution in [0.2, 0.25) is 10.0 Å². The molecule has 3 aromatic carbocycles. The summed E-state index contributed by atoms with van der Waals surface area (Å²) in [4.78, 5) is 4.54. The number of hydrogen-bond donors (Lipinski definition) is 0. The van der Waals surface area contributed by atoms with Gasteiger partial charge in [0.1, 0.15) is 12.1 Å². The molecule has 150 valence electrons. The Labute approximate surface area is 188 Å². The number of halogens is 2. The third-order valence-electron chi connectivity index (χ3n) is 4.99. The molecule has 2 heterocycles. The third kappa shape index (κ3) is 3.57. The van der Waals surface area contributed by atoms with Crippen molar-refractivity contribution < 1.29 is 4.74 Å². The van der Waals surface area contributed by atoms with Crippen LogP contribution in [0, 0.1) is 11.3 Å². The molecule has 7 heteroatoms. The Hall–Kier alpha value is -3.59. The van der Waals surface area contributed by atoms with E-state index in [2.05, 4.69) is 11.1 Å². The van der Waals surface area contributed by atoms with Gasteiger partial charge in [-0.2, -0.15) is 15.0 Å². The van der Waals surface area contributed by atoms with Crippen LogP contribution in [0.3, 0.4) is 0 Å². The van der Waals surface area contributed by atoms with Crippen LogP contribution >= 0.6 is 23.2 Å². The van der Waals surface area contributed by atoms with Gasteiger partial charge in [0, 0.05) is 27.2 Å². The molecule has 0 bridgehead atoms. The number of fused-ring (bicyclic) bond motifs is 3. The van der Waals surface area contributed by atoms with Crippen LogP contribution in [-0.4, -0.2) is 14.8 Å². The Kier molecular flexibility index (Phi) is 4.95. The molecule has 0 aliphatic carbocycles. The highest BCUT2D eigenvalue weighted by Crippen LogP contribution is 2.34. The SMILES string of the molecule is N#Cc1ccc2c(c1)ncc1c(OCc3ccccc3Cl)n(-c3ccc(Cl)cc3)nc12. The average Bonchev–Trinajstić information content (AvgIpc) is 3.17. The zero-order valence-corrected chi connectivity index (χ0v) is 17.6. The van der Waals surface area contributed by atoms with Gasteiger partial charge in [0.15, 0.2) is 0 Å². The van der Waals surface area contributed by atoms with Crippen LogP contribution < -0.4 is 4.74 Å². The van der Waals surface area contributed by atoms with Gasteiger partial charge in [-0.3, -0.25) is 4.98 Å². The fourth-order valence-electron chi connectivity index (χ4n) is 3.43. The van der Waals surface area contributed by atoms with Gasteiger partial charge in [-0.15, -0.1) is 0 Å². The van der Waals surface area contributed by atoms with Crippen molar-refractivity contribution >= 4 is 45.0 Å². The molecule has 5 rings (SSSR count).